The summed E-state index contributed by atoms with van der Waals surface area (Å²) in [6.45, 7) is 3.84. The first-order chi connectivity index (χ1) is 8.72. The van der Waals surface area contributed by atoms with Crippen LogP contribution in [0.15, 0.2) is 16.7 Å². The summed E-state index contributed by atoms with van der Waals surface area (Å²) in [6, 6.07) is 2.09. The minimum atomic E-state index is 0.796. The Hall–Kier alpha value is -0.940. The summed E-state index contributed by atoms with van der Waals surface area (Å²) in [4.78, 5) is 8.80. The minimum Gasteiger partial charge on any atom is -0.330 e. The van der Waals surface area contributed by atoms with Crippen molar-refractivity contribution < 1.29 is 0 Å². The van der Waals surface area contributed by atoms with E-state index in [4.69, 9.17) is 5.73 Å². The Kier molecular flexibility index (Phi) is 4.72. The second-order valence-electron chi connectivity index (χ2n) is 4.51. The fourth-order valence-corrected chi connectivity index (χ4v) is 2.46. The Balaban J connectivity index is 2.07. The number of nitrogens with zero attached hydrogens (tertiary/aromatic N) is 3. The lowest BCUT2D eigenvalue weighted by Crippen LogP contribution is -2.02. The van der Waals surface area contributed by atoms with E-state index in [-0.39, 0.29) is 0 Å². The fraction of sp³-hybridized carbons (Fsp3) is 0.538. The van der Waals surface area contributed by atoms with Gasteiger partial charge in [0.1, 0.15) is 5.82 Å². The predicted octanol–water partition coefficient (Wildman–Crippen LogP) is 3.02. The number of hydrogen-bond acceptors (Lipinski definition) is 3. The van der Waals surface area contributed by atoms with Gasteiger partial charge in [0.15, 0.2) is 5.65 Å². The van der Waals surface area contributed by atoms with Crippen molar-refractivity contribution in [2.24, 2.45) is 5.73 Å². The molecule has 0 radical (unpaired) electrons. The lowest BCUT2D eigenvalue weighted by Gasteiger charge is -2.06. The molecule has 0 spiro atoms. The molecule has 0 amide bonds. The number of imidazole rings is 1. The first-order valence-electron chi connectivity index (χ1n) is 6.41. The summed E-state index contributed by atoms with van der Waals surface area (Å²) in [5.74, 6) is 1.04. The topological polar surface area (TPSA) is 56.7 Å². The zero-order chi connectivity index (χ0) is 13.0. The van der Waals surface area contributed by atoms with E-state index < -0.39 is 0 Å². The first kappa shape index (κ1) is 13.5. The Labute approximate surface area is 116 Å². The number of nitrogens with two attached hydrogens (primary N) is 1. The van der Waals surface area contributed by atoms with E-state index in [2.05, 4.69) is 36.5 Å². The maximum absolute atomic E-state index is 5.49. The lowest BCUT2D eigenvalue weighted by atomic mass is 10.2. The molecule has 0 unspecified atom stereocenters. The molecule has 2 heterocycles. The SMILES string of the molecule is Cc1nc2ncc(Br)cc2n1CCCCCCN. The van der Waals surface area contributed by atoms with Crippen molar-refractivity contribution >= 4 is 27.1 Å². The van der Waals surface area contributed by atoms with Gasteiger partial charge in [-0.3, -0.25) is 0 Å². The molecule has 0 aliphatic rings. The summed E-state index contributed by atoms with van der Waals surface area (Å²) < 4.78 is 3.24. The molecule has 18 heavy (non-hydrogen) atoms. The monoisotopic (exact) mass is 310 g/mol. The molecule has 0 saturated carbocycles. The number of aromatic nitrogens is 3. The van der Waals surface area contributed by atoms with Crippen LogP contribution in [0.4, 0.5) is 0 Å². The van der Waals surface area contributed by atoms with E-state index >= 15 is 0 Å². The average molecular weight is 311 g/mol. The number of pyridine rings is 1. The largest absolute Gasteiger partial charge is 0.330 e. The van der Waals surface area contributed by atoms with Crippen LogP contribution in [0.3, 0.4) is 0 Å². The van der Waals surface area contributed by atoms with Crippen LogP contribution in [0.1, 0.15) is 31.5 Å². The van der Waals surface area contributed by atoms with Gasteiger partial charge in [-0.05, 0) is 48.3 Å². The highest BCUT2D eigenvalue weighted by Crippen LogP contribution is 2.19. The molecule has 4 nitrogen and oxygen atoms in total. The zero-order valence-electron chi connectivity index (χ0n) is 10.7. The van der Waals surface area contributed by atoms with Crippen LogP contribution in [0.5, 0.6) is 0 Å². The molecule has 0 saturated heterocycles. The number of halogens is 1. The maximum atomic E-state index is 5.49. The normalized spacial score (nSPS) is 11.3. The number of unbranched alkanes of at least 4 members (excludes halogenated alkanes) is 3. The van der Waals surface area contributed by atoms with Crippen LogP contribution in [-0.4, -0.2) is 21.1 Å². The van der Waals surface area contributed by atoms with Crippen molar-refractivity contribution in [2.45, 2.75) is 39.2 Å². The molecule has 2 rings (SSSR count). The van der Waals surface area contributed by atoms with Gasteiger partial charge < -0.3 is 10.3 Å². The van der Waals surface area contributed by atoms with Gasteiger partial charge in [-0.15, -0.1) is 0 Å². The van der Waals surface area contributed by atoms with Crippen LogP contribution < -0.4 is 5.73 Å². The van der Waals surface area contributed by atoms with Gasteiger partial charge in [-0.2, -0.15) is 0 Å². The van der Waals surface area contributed by atoms with Crippen LogP contribution in [0.25, 0.3) is 11.2 Å². The Morgan fingerprint density at radius 3 is 2.83 bits per heavy atom. The molecule has 5 heteroatoms. The van der Waals surface area contributed by atoms with Crippen LogP contribution >= 0.6 is 15.9 Å². The van der Waals surface area contributed by atoms with Crippen molar-refractivity contribution in [1.82, 2.24) is 14.5 Å². The number of hydrogen-bond donors (Lipinski definition) is 1. The van der Waals surface area contributed by atoms with Crippen LogP contribution in [0.2, 0.25) is 0 Å². The van der Waals surface area contributed by atoms with Crippen molar-refractivity contribution in [3.63, 3.8) is 0 Å². The van der Waals surface area contributed by atoms with Crippen molar-refractivity contribution in [2.75, 3.05) is 6.54 Å². The quantitative estimate of drug-likeness (QED) is 0.834. The smallest absolute Gasteiger partial charge is 0.177 e. The lowest BCUT2D eigenvalue weighted by molar-refractivity contribution is 0.575. The van der Waals surface area contributed by atoms with Gasteiger partial charge in [0, 0.05) is 17.2 Å². The van der Waals surface area contributed by atoms with E-state index in [1.165, 1.54) is 19.3 Å². The third-order valence-corrected chi connectivity index (χ3v) is 3.53. The van der Waals surface area contributed by atoms with Gasteiger partial charge >= 0.3 is 0 Å². The summed E-state index contributed by atoms with van der Waals surface area (Å²) >= 11 is 3.46. The summed E-state index contributed by atoms with van der Waals surface area (Å²) in [6.07, 6.45) is 6.51. The number of fused-ring (bicyclic) bond motifs is 1. The van der Waals surface area contributed by atoms with E-state index in [1.807, 2.05) is 6.92 Å². The highest BCUT2D eigenvalue weighted by Gasteiger charge is 2.08. The second kappa shape index (κ2) is 6.29. The highest BCUT2D eigenvalue weighted by molar-refractivity contribution is 9.10. The fourth-order valence-electron chi connectivity index (χ4n) is 2.14. The van der Waals surface area contributed by atoms with E-state index in [0.29, 0.717) is 0 Å². The maximum Gasteiger partial charge on any atom is 0.177 e. The van der Waals surface area contributed by atoms with Crippen molar-refractivity contribution in [3.05, 3.63) is 22.6 Å². The molecule has 0 atom stereocenters. The van der Waals surface area contributed by atoms with Crippen molar-refractivity contribution in [3.8, 4) is 0 Å². The van der Waals surface area contributed by atoms with Gasteiger partial charge in [0.25, 0.3) is 0 Å². The van der Waals surface area contributed by atoms with E-state index in [9.17, 15) is 0 Å². The van der Waals surface area contributed by atoms with Crippen molar-refractivity contribution in [1.29, 1.82) is 0 Å². The van der Waals surface area contributed by atoms with E-state index in [0.717, 1.165) is 41.0 Å². The number of rotatable bonds is 6. The molecular weight excluding hydrogens is 292 g/mol. The predicted molar refractivity (Wildman–Crippen MR) is 77.5 cm³/mol. The summed E-state index contributed by atoms with van der Waals surface area (Å²) in [5, 5.41) is 0. The van der Waals surface area contributed by atoms with E-state index in [1.54, 1.807) is 6.20 Å². The van der Waals surface area contributed by atoms with Gasteiger partial charge in [0.2, 0.25) is 0 Å². The average Bonchev–Trinajstić information content (AvgIpc) is 2.65. The molecule has 2 aromatic heterocycles. The van der Waals surface area contributed by atoms with Gasteiger partial charge in [-0.1, -0.05) is 12.8 Å². The third-order valence-electron chi connectivity index (χ3n) is 3.10. The standard InChI is InChI=1S/C13H19BrN4/c1-10-17-13-12(8-11(14)9-16-13)18(10)7-5-3-2-4-6-15/h8-9H,2-7,15H2,1H3. The van der Waals surface area contributed by atoms with Crippen LogP contribution in [-0.2, 0) is 6.54 Å². The Morgan fingerprint density at radius 1 is 1.28 bits per heavy atom. The summed E-state index contributed by atoms with van der Waals surface area (Å²) in [7, 11) is 0. The molecule has 98 valence electrons. The molecular formula is C13H19BrN4. The first-order valence-corrected chi connectivity index (χ1v) is 7.20. The molecule has 0 aromatic carbocycles. The molecule has 0 aliphatic heterocycles. The zero-order valence-corrected chi connectivity index (χ0v) is 12.3. The third kappa shape index (κ3) is 3.09. The van der Waals surface area contributed by atoms with Gasteiger partial charge in [-0.25, -0.2) is 9.97 Å². The minimum absolute atomic E-state index is 0.796. The van der Waals surface area contributed by atoms with Crippen LogP contribution in [0, 0.1) is 6.92 Å². The second-order valence-corrected chi connectivity index (χ2v) is 5.43. The molecule has 0 fully saturated rings. The molecule has 0 bridgehead atoms. The Morgan fingerprint density at radius 2 is 2.06 bits per heavy atom. The molecule has 0 aliphatic carbocycles. The highest BCUT2D eigenvalue weighted by atomic mass is 79.9. The molecule has 2 N–H and O–H groups in total. The number of aryl methyl sites for hydroxylation is 2. The Bertz CT molecular complexity index is 521. The summed E-state index contributed by atoms with van der Waals surface area (Å²) in [5.41, 5.74) is 7.43. The van der Waals surface area contributed by atoms with Gasteiger partial charge in [0.05, 0.1) is 5.52 Å². The molecule has 2 aromatic rings.